The van der Waals surface area contributed by atoms with E-state index in [1.165, 1.54) is 0 Å². The molecule has 6 nitrogen and oxygen atoms in total. The van der Waals surface area contributed by atoms with Crippen LogP contribution in [0.3, 0.4) is 0 Å². The number of amides is 1. The molecule has 0 aliphatic carbocycles. The number of hydrogen-bond donors (Lipinski definition) is 1. The quantitative estimate of drug-likeness (QED) is 0.742. The number of aromatic nitrogens is 2. The second-order valence-corrected chi connectivity index (χ2v) is 6.21. The molecule has 1 N–H and O–H groups in total. The van der Waals surface area contributed by atoms with Crippen molar-refractivity contribution in [2.75, 3.05) is 25.5 Å². The van der Waals surface area contributed by atoms with E-state index in [9.17, 15) is 4.79 Å². The summed E-state index contributed by atoms with van der Waals surface area (Å²) in [6.45, 7) is 8.08. The molecule has 0 aliphatic rings. The molecule has 1 amide bonds. The van der Waals surface area contributed by atoms with E-state index < -0.39 is 0 Å². The molecule has 6 heteroatoms. The molecule has 0 fully saturated rings. The van der Waals surface area contributed by atoms with Gasteiger partial charge in [0, 0.05) is 25.3 Å². The summed E-state index contributed by atoms with van der Waals surface area (Å²) in [6, 6.07) is 9.54. The van der Waals surface area contributed by atoms with Gasteiger partial charge in [0.1, 0.15) is 11.4 Å². The number of aryl methyl sites for hydroxylation is 1. The van der Waals surface area contributed by atoms with Crippen LogP contribution in [0, 0.1) is 6.92 Å². The van der Waals surface area contributed by atoms with Gasteiger partial charge in [0.25, 0.3) is 5.91 Å². The number of methoxy groups -OCH3 is 1. The van der Waals surface area contributed by atoms with Gasteiger partial charge in [-0.2, -0.15) is 0 Å². The maximum atomic E-state index is 12.8. The van der Waals surface area contributed by atoms with Crippen LogP contribution in [0.4, 0.5) is 5.95 Å². The first-order valence-corrected chi connectivity index (χ1v) is 9.09. The number of ether oxygens (including phenoxy) is 1. The van der Waals surface area contributed by atoms with Crippen LogP contribution < -0.4 is 10.1 Å². The van der Waals surface area contributed by atoms with Gasteiger partial charge in [-0.1, -0.05) is 26.0 Å². The van der Waals surface area contributed by atoms with Crippen LogP contribution in [0.2, 0.25) is 0 Å². The maximum Gasteiger partial charge on any atom is 0.272 e. The lowest BCUT2D eigenvalue weighted by Gasteiger charge is -2.21. The third kappa shape index (κ3) is 5.44. The lowest BCUT2D eigenvalue weighted by molar-refractivity contribution is 0.0749. The minimum absolute atomic E-state index is 0.0355. The van der Waals surface area contributed by atoms with Crippen molar-refractivity contribution < 1.29 is 9.53 Å². The first kappa shape index (κ1) is 19.7. The van der Waals surface area contributed by atoms with Crippen LogP contribution in [-0.4, -0.2) is 41.0 Å². The fraction of sp³-hybridized carbons (Fsp3) is 0.450. The number of anilines is 1. The van der Waals surface area contributed by atoms with E-state index in [1.54, 1.807) is 13.2 Å². The van der Waals surface area contributed by atoms with Crippen molar-refractivity contribution in [3.63, 3.8) is 0 Å². The zero-order chi connectivity index (χ0) is 18.9. The van der Waals surface area contributed by atoms with Crippen molar-refractivity contribution >= 4 is 11.9 Å². The Labute approximate surface area is 155 Å². The highest BCUT2D eigenvalue weighted by Crippen LogP contribution is 2.13. The van der Waals surface area contributed by atoms with E-state index in [0.29, 0.717) is 18.2 Å². The number of nitrogens with zero attached hydrogens (tertiary/aromatic N) is 3. The summed E-state index contributed by atoms with van der Waals surface area (Å²) in [7, 11) is 1.65. The van der Waals surface area contributed by atoms with Crippen LogP contribution in [0.5, 0.6) is 5.75 Å². The summed E-state index contributed by atoms with van der Waals surface area (Å²) in [5.41, 5.74) is 2.30. The number of hydrogen-bond acceptors (Lipinski definition) is 5. The third-order valence-electron chi connectivity index (χ3n) is 3.96. The van der Waals surface area contributed by atoms with Crippen molar-refractivity contribution in [2.45, 2.75) is 40.2 Å². The average Bonchev–Trinajstić information content (AvgIpc) is 2.65. The molecule has 2 rings (SSSR count). The fourth-order valence-electron chi connectivity index (χ4n) is 2.70. The Morgan fingerprint density at radius 1 is 1.12 bits per heavy atom. The SMILES string of the molecule is CCCN(CCC)C(=O)c1cc(C)nc(NCc2ccc(OC)cc2)n1. The van der Waals surface area contributed by atoms with Crippen LogP contribution in [0.25, 0.3) is 0 Å². The number of carbonyl (C=O) groups is 1. The Kier molecular flexibility index (Phi) is 7.38. The van der Waals surface area contributed by atoms with E-state index >= 15 is 0 Å². The predicted octanol–water partition coefficient (Wildman–Crippen LogP) is 3.67. The molecule has 0 spiro atoms. The van der Waals surface area contributed by atoms with Crippen molar-refractivity contribution in [3.05, 3.63) is 47.3 Å². The summed E-state index contributed by atoms with van der Waals surface area (Å²) >= 11 is 0. The summed E-state index contributed by atoms with van der Waals surface area (Å²) < 4.78 is 5.16. The van der Waals surface area contributed by atoms with E-state index in [1.807, 2.05) is 36.1 Å². The van der Waals surface area contributed by atoms with Crippen molar-refractivity contribution in [1.29, 1.82) is 0 Å². The van der Waals surface area contributed by atoms with Crippen LogP contribution in [0.1, 0.15) is 48.4 Å². The Morgan fingerprint density at radius 2 is 1.77 bits per heavy atom. The molecule has 0 saturated carbocycles. The van der Waals surface area contributed by atoms with Gasteiger partial charge in [0.05, 0.1) is 7.11 Å². The van der Waals surface area contributed by atoms with Crippen molar-refractivity contribution in [2.24, 2.45) is 0 Å². The Morgan fingerprint density at radius 3 is 2.35 bits per heavy atom. The molecule has 0 aliphatic heterocycles. The highest BCUT2D eigenvalue weighted by Gasteiger charge is 2.17. The summed E-state index contributed by atoms with van der Waals surface area (Å²) in [4.78, 5) is 23.5. The van der Waals surface area contributed by atoms with E-state index in [0.717, 1.165) is 42.9 Å². The van der Waals surface area contributed by atoms with Crippen LogP contribution in [-0.2, 0) is 6.54 Å². The summed E-state index contributed by atoms with van der Waals surface area (Å²) in [6.07, 6.45) is 1.86. The minimum Gasteiger partial charge on any atom is -0.497 e. The molecule has 140 valence electrons. The van der Waals surface area contributed by atoms with Crippen LogP contribution in [0.15, 0.2) is 30.3 Å². The van der Waals surface area contributed by atoms with Gasteiger partial charge in [0.2, 0.25) is 5.95 Å². The number of benzene rings is 1. The predicted molar refractivity (Wildman–Crippen MR) is 104 cm³/mol. The molecule has 1 aromatic heterocycles. The zero-order valence-electron chi connectivity index (χ0n) is 16.1. The van der Waals surface area contributed by atoms with Gasteiger partial charge in [-0.3, -0.25) is 4.79 Å². The molecule has 0 radical (unpaired) electrons. The Hall–Kier alpha value is -2.63. The van der Waals surface area contributed by atoms with Crippen molar-refractivity contribution in [1.82, 2.24) is 14.9 Å². The molecular weight excluding hydrogens is 328 g/mol. The highest BCUT2D eigenvalue weighted by molar-refractivity contribution is 5.92. The van der Waals surface area contributed by atoms with Crippen molar-refractivity contribution in [3.8, 4) is 5.75 Å². The zero-order valence-corrected chi connectivity index (χ0v) is 16.1. The molecular formula is C20H28N4O2. The largest absolute Gasteiger partial charge is 0.497 e. The Balaban J connectivity index is 2.11. The third-order valence-corrected chi connectivity index (χ3v) is 3.96. The molecule has 26 heavy (non-hydrogen) atoms. The lowest BCUT2D eigenvalue weighted by atomic mass is 10.2. The normalized spacial score (nSPS) is 10.5. The molecule has 0 unspecified atom stereocenters. The monoisotopic (exact) mass is 356 g/mol. The first-order chi connectivity index (χ1) is 12.6. The van der Waals surface area contributed by atoms with E-state index in [-0.39, 0.29) is 5.91 Å². The van der Waals surface area contributed by atoms with E-state index in [4.69, 9.17) is 4.74 Å². The van der Waals surface area contributed by atoms with Gasteiger partial charge in [-0.05, 0) is 43.5 Å². The van der Waals surface area contributed by atoms with Gasteiger partial charge in [-0.25, -0.2) is 9.97 Å². The second kappa shape index (κ2) is 9.75. The van der Waals surface area contributed by atoms with Crippen LogP contribution >= 0.6 is 0 Å². The fourth-order valence-corrected chi connectivity index (χ4v) is 2.70. The number of nitrogens with one attached hydrogen (secondary N) is 1. The van der Waals surface area contributed by atoms with Gasteiger partial charge in [-0.15, -0.1) is 0 Å². The van der Waals surface area contributed by atoms with E-state index in [2.05, 4.69) is 29.1 Å². The standard InChI is InChI=1S/C20H28N4O2/c1-5-11-24(12-6-2)19(25)18-13-15(3)22-20(23-18)21-14-16-7-9-17(26-4)10-8-16/h7-10,13H,5-6,11-12,14H2,1-4H3,(H,21,22,23). The smallest absolute Gasteiger partial charge is 0.272 e. The van der Waals surface area contributed by atoms with Gasteiger partial charge < -0.3 is 15.0 Å². The van der Waals surface area contributed by atoms with Gasteiger partial charge in [0.15, 0.2) is 0 Å². The minimum atomic E-state index is -0.0355. The average molecular weight is 356 g/mol. The lowest BCUT2D eigenvalue weighted by Crippen LogP contribution is -2.33. The maximum absolute atomic E-state index is 12.8. The second-order valence-electron chi connectivity index (χ2n) is 6.21. The topological polar surface area (TPSA) is 67.4 Å². The molecule has 0 bridgehead atoms. The molecule has 1 heterocycles. The summed E-state index contributed by atoms with van der Waals surface area (Å²) in [5.74, 6) is 1.25. The highest BCUT2D eigenvalue weighted by atomic mass is 16.5. The number of rotatable bonds is 9. The molecule has 1 aromatic carbocycles. The first-order valence-electron chi connectivity index (χ1n) is 9.09. The summed E-state index contributed by atoms with van der Waals surface area (Å²) in [5, 5.41) is 3.20. The number of carbonyl (C=O) groups excluding carboxylic acids is 1. The Bertz CT molecular complexity index is 710. The molecule has 2 aromatic rings. The molecule has 0 saturated heterocycles. The molecule has 0 atom stereocenters. The van der Waals surface area contributed by atoms with Gasteiger partial charge >= 0.3 is 0 Å².